The number of carbonyl (C=O) groups is 2. The highest BCUT2D eigenvalue weighted by Gasteiger charge is 2.29. The lowest BCUT2D eigenvalue weighted by Gasteiger charge is -2.34. The Morgan fingerprint density at radius 1 is 1.32 bits per heavy atom. The molecule has 6 nitrogen and oxygen atoms in total. The van der Waals surface area contributed by atoms with Gasteiger partial charge in [-0.05, 0) is 18.3 Å². The van der Waals surface area contributed by atoms with Crippen LogP contribution in [0.2, 0.25) is 0 Å². The van der Waals surface area contributed by atoms with Crippen LogP contribution in [0.4, 0.5) is 4.79 Å². The summed E-state index contributed by atoms with van der Waals surface area (Å²) in [5.41, 5.74) is 0. The number of carboxylic acids is 1. The summed E-state index contributed by atoms with van der Waals surface area (Å²) in [4.78, 5) is 22.7. The summed E-state index contributed by atoms with van der Waals surface area (Å²) >= 11 is 0. The Labute approximate surface area is 113 Å². The van der Waals surface area contributed by atoms with E-state index in [1.165, 1.54) is 6.42 Å². The Hall–Kier alpha value is -1.30. The molecule has 0 saturated heterocycles. The summed E-state index contributed by atoms with van der Waals surface area (Å²) in [7, 11) is 0. The normalized spacial score (nSPS) is 28.5. The summed E-state index contributed by atoms with van der Waals surface area (Å²) in [5.74, 6) is -0.179. The van der Waals surface area contributed by atoms with E-state index in [9.17, 15) is 9.59 Å². The van der Waals surface area contributed by atoms with Crippen molar-refractivity contribution in [2.75, 3.05) is 6.61 Å². The smallest absolute Gasteiger partial charge is 0.326 e. The van der Waals surface area contributed by atoms with Gasteiger partial charge in [-0.3, -0.25) is 0 Å². The Kier molecular flexibility index (Phi) is 6.08. The average Bonchev–Trinajstić information content (AvgIpc) is 2.34. The zero-order chi connectivity index (χ0) is 14.4. The second kappa shape index (κ2) is 7.33. The van der Waals surface area contributed by atoms with Crippen LogP contribution in [0.15, 0.2) is 0 Å². The maximum atomic E-state index is 11.8. The number of hydrogen-bond acceptors (Lipinski definition) is 3. The van der Waals surface area contributed by atoms with E-state index in [0.717, 1.165) is 12.8 Å². The van der Waals surface area contributed by atoms with Gasteiger partial charge in [-0.1, -0.05) is 26.7 Å². The van der Waals surface area contributed by atoms with Gasteiger partial charge in [-0.15, -0.1) is 0 Å². The van der Waals surface area contributed by atoms with E-state index in [1.54, 1.807) is 0 Å². The minimum absolute atomic E-state index is 0.0133. The third kappa shape index (κ3) is 4.70. The Morgan fingerprint density at radius 3 is 2.58 bits per heavy atom. The number of rotatable bonds is 5. The van der Waals surface area contributed by atoms with Gasteiger partial charge >= 0.3 is 12.0 Å². The van der Waals surface area contributed by atoms with Crippen molar-refractivity contribution in [2.45, 2.75) is 51.6 Å². The molecule has 0 aromatic carbocycles. The molecule has 0 aliphatic heterocycles. The molecule has 4 N–H and O–H groups in total. The van der Waals surface area contributed by atoms with Crippen LogP contribution in [-0.4, -0.2) is 40.9 Å². The summed E-state index contributed by atoms with van der Waals surface area (Å²) in [5, 5.41) is 22.9. The van der Waals surface area contributed by atoms with Gasteiger partial charge in [-0.2, -0.15) is 0 Å². The molecule has 0 radical (unpaired) electrons. The molecule has 1 aliphatic rings. The minimum atomic E-state index is -1.13. The number of nitrogens with one attached hydrogen (secondary N) is 2. The quantitative estimate of drug-likeness (QED) is 0.598. The van der Waals surface area contributed by atoms with Crippen molar-refractivity contribution in [3.05, 3.63) is 0 Å². The topological polar surface area (TPSA) is 98.7 Å². The van der Waals surface area contributed by atoms with Crippen LogP contribution in [0.3, 0.4) is 0 Å². The molecule has 1 saturated carbocycles. The first-order valence-electron chi connectivity index (χ1n) is 6.86. The molecule has 4 atom stereocenters. The summed E-state index contributed by atoms with van der Waals surface area (Å²) in [6.07, 6.45) is 3.19. The molecule has 6 heteroatoms. The molecule has 2 amide bonds. The fourth-order valence-corrected chi connectivity index (χ4v) is 2.54. The number of hydrogen-bond donors (Lipinski definition) is 4. The van der Waals surface area contributed by atoms with Gasteiger partial charge in [0.05, 0.1) is 0 Å². The maximum absolute atomic E-state index is 11.8. The fourth-order valence-electron chi connectivity index (χ4n) is 2.54. The molecule has 19 heavy (non-hydrogen) atoms. The number of aliphatic hydroxyl groups excluding tert-OH is 1. The van der Waals surface area contributed by atoms with E-state index < -0.39 is 18.0 Å². The molecule has 1 rings (SSSR count). The van der Waals surface area contributed by atoms with Crippen molar-refractivity contribution < 1.29 is 19.8 Å². The zero-order valence-electron chi connectivity index (χ0n) is 11.6. The number of urea groups is 1. The van der Waals surface area contributed by atoms with Gasteiger partial charge in [0.2, 0.25) is 0 Å². The molecule has 1 aliphatic carbocycles. The van der Waals surface area contributed by atoms with E-state index in [-0.39, 0.29) is 19.1 Å². The molecular formula is C13H24N2O4. The van der Waals surface area contributed by atoms with Crippen molar-refractivity contribution >= 4 is 12.0 Å². The number of carbonyl (C=O) groups excluding carboxylic acids is 1. The molecular weight excluding hydrogens is 248 g/mol. The van der Waals surface area contributed by atoms with Gasteiger partial charge in [0.25, 0.3) is 0 Å². The molecule has 0 bridgehead atoms. The van der Waals surface area contributed by atoms with Crippen molar-refractivity contribution in [3.8, 4) is 0 Å². The van der Waals surface area contributed by atoms with Crippen LogP contribution in [0.1, 0.15) is 39.5 Å². The second-order valence-corrected chi connectivity index (χ2v) is 5.39. The summed E-state index contributed by atoms with van der Waals surface area (Å²) in [6, 6.07) is -1.42. The minimum Gasteiger partial charge on any atom is -0.480 e. The Bertz CT molecular complexity index is 322. The van der Waals surface area contributed by atoms with E-state index in [0.29, 0.717) is 11.8 Å². The van der Waals surface area contributed by atoms with Gasteiger partial charge in [-0.25, -0.2) is 9.59 Å². The van der Waals surface area contributed by atoms with Crippen molar-refractivity contribution in [2.24, 2.45) is 11.8 Å². The predicted molar refractivity (Wildman–Crippen MR) is 70.8 cm³/mol. The Balaban J connectivity index is 2.47. The van der Waals surface area contributed by atoms with Crippen LogP contribution in [0, 0.1) is 11.8 Å². The highest BCUT2D eigenvalue weighted by atomic mass is 16.4. The first-order valence-corrected chi connectivity index (χ1v) is 6.86. The monoisotopic (exact) mass is 272 g/mol. The number of aliphatic hydroxyl groups is 1. The number of amides is 2. The van der Waals surface area contributed by atoms with Gasteiger partial charge in [0, 0.05) is 19.1 Å². The molecule has 0 aromatic heterocycles. The van der Waals surface area contributed by atoms with Crippen LogP contribution in [0.25, 0.3) is 0 Å². The average molecular weight is 272 g/mol. The number of carboxylic acid groups (broad SMARTS) is 1. The summed E-state index contributed by atoms with van der Waals surface area (Å²) in [6.45, 7) is 4.01. The van der Waals surface area contributed by atoms with Crippen LogP contribution < -0.4 is 10.6 Å². The largest absolute Gasteiger partial charge is 0.480 e. The van der Waals surface area contributed by atoms with Gasteiger partial charge in [0.1, 0.15) is 6.04 Å². The van der Waals surface area contributed by atoms with E-state index >= 15 is 0 Å². The summed E-state index contributed by atoms with van der Waals surface area (Å²) < 4.78 is 0. The molecule has 0 spiro atoms. The van der Waals surface area contributed by atoms with Crippen molar-refractivity contribution in [1.29, 1.82) is 0 Å². The lowest BCUT2D eigenvalue weighted by molar-refractivity contribution is -0.139. The highest BCUT2D eigenvalue weighted by molar-refractivity contribution is 5.82. The second-order valence-electron chi connectivity index (χ2n) is 5.39. The van der Waals surface area contributed by atoms with E-state index in [2.05, 4.69) is 24.5 Å². The SMILES string of the molecule is CC1CCCC(NC(=O)N[C@@H](CCO)C(=O)O)C1C. The van der Waals surface area contributed by atoms with Crippen LogP contribution in [-0.2, 0) is 4.79 Å². The highest BCUT2D eigenvalue weighted by Crippen LogP contribution is 2.29. The number of aliphatic carboxylic acids is 1. The molecule has 110 valence electrons. The molecule has 0 aromatic rings. The van der Waals surface area contributed by atoms with Gasteiger partial charge in [0.15, 0.2) is 0 Å². The third-order valence-corrected chi connectivity index (χ3v) is 4.04. The van der Waals surface area contributed by atoms with E-state index in [4.69, 9.17) is 10.2 Å². The first-order chi connectivity index (χ1) is 8.95. The van der Waals surface area contributed by atoms with Crippen molar-refractivity contribution in [1.82, 2.24) is 10.6 Å². The molecule has 1 fully saturated rings. The van der Waals surface area contributed by atoms with Crippen LogP contribution >= 0.6 is 0 Å². The lowest BCUT2D eigenvalue weighted by atomic mass is 9.78. The van der Waals surface area contributed by atoms with Gasteiger partial charge < -0.3 is 20.8 Å². The third-order valence-electron chi connectivity index (χ3n) is 4.04. The lowest BCUT2D eigenvalue weighted by Crippen LogP contribution is -2.52. The zero-order valence-corrected chi connectivity index (χ0v) is 11.6. The van der Waals surface area contributed by atoms with E-state index in [1.807, 2.05) is 0 Å². The standard InChI is InChI=1S/C13H24N2O4/c1-8-4-3-5-10(9(8)2)14-13(19)15-11(6-7-16)12(17)18/h8-11,16H,3-7H2,1-2H3,(H,17,18)(H2,14,15,19)/t8?,9?,10?,11-/m0/s1. The predicted octanol–water partition coefficient (Wildman–Crippen LogP) is 0.946. The fraction of sp³-hybridized carbons (Fsp3) is 0.846. The van der Waals surface area contributed by atoms with Crippen LogP contribution in [0.5, 0.6) is 0 Å². The molecule has 0 heterocycles. The first kappa shape index (κ1) is 15.8. The Morgan fingerprint density at radius 2 is 2.00 bits per heavy atom. The molecule has 3 unspecified atom stereocenters. The maximum Gasteiger partial charge on any atom is 0.326 e. The van der Waals surface area contributed by atoms with Crippen molar-refractivity contribution in [3.63, 3.8) is 0 Å².